The Morgan fingerprint density at radius 1 is 0.688 bits per heavy atom. The maximum Gasteiger partial charge on any atom is 0.136 e. The Labute approximate surface area is 112 Å². The fourth-order valence-corrected chi connectivity index (χ4v) is 2.97. The number of hydrogen-bond donors (Lipinski definition) is 0. The van der Waals surface area contributed by atoms with E-state index in [1.165, 1.54) is 0 Å². The maximum atomic E-state index is 12.2. The highest BCUT2D eigenvalue weighted by atomic mass is 79.9. The molecule has 0 unspecified atom stereocenters. The summed E-state index contributed by atoms with van der Waals surface area (Å²) >= 11 is 6.72. The molecule has 0 N–H and O–H groups in total. The predicted molar refractivity (Wildman–Crippen MR) is 75.2 cm³/mol. The number of halogens is 2. The molecule has 0 heterocycles. The first kappa shape index (κ1) is 12.0. The van der Waals surface area contributed by atoms with Crippen LogP contribution in [-0.2, 0) is 4.57 Å². The molecule has 0 amide bonds. The smallest absolute Gasteiger partial charge is 0.136 e. The van der Waals surface area contributed by atoms with Gasteiger partial charge < -0.3 is 0 Å². The van der Waals surface area contributed by atoms with E-state index in [1.807, 2.05) is 48.5 Å². The van der Waals surface area contributed by atoms with Crippen molar-refractivity contribution in [2.75, 3.05) is 0 Å². The fraction of sp³-hybridized carbons (Fsp3) is 0. The largest absolute Gasteiger partial charge is 0.277 e. The molecular weight excluding hydrogens is 351 g/mol. The van der Waals surface area contributed by atoms with E-state index >= 15 is 0 Å². The summed E-state index contributed by atoms with van der Waals surface area (Å²) in [6.07, 6.45) is 0. The normalized spacial score (nSPS) is 10.1. The van der Waals surface area contributed by atoms with Gasteiger partial charge in [-0.05, 0) is 48.5 Å². The summed E-state index contributed by atoms with van der Waals surface area (Å²) in [5.41, 5.74) is 0. The van der Waals surface area contributed by atoms with Crippen molar-refractivity contribution in [3.63, 3.8) is 0 Å². The van der Waals surface area contributed by atoms with E-state index in [1.54, 1.807) is 0 Å². The van der Waals surface area contributed by atoms with E-state index in [2.05, 4.69) is 31.9 Å². The molecule has 0 spiro atoms. The zero-order valence-corrected chi connectivity index (χ0v) is 12.3. The maximum absolute atomic E-state index is 12.2. The highest BCUT2D eigenvalue weighted by molar-refractivity contribution is 9.10. The molecule has 1 nitrogen and oxygen atoms in total. The van der Waals surface area contributed by atoms with Crippen LogP contribution in [0.2, 0.25) is 0 Å². The molecule has 2 aromatic rings. The van der Waals surface area contributed by atoms with Gasteiger partial charge in [0.25, 0.3) is 0 Å². The van der Waals surface area contributed by atoms with Gasteiger partial charge in [-0.25, -0.2) is 0 Å². The Hall–Kier alpha value is -0.500. The van der Waals surface area contributed by atoms with Crippen molar-refractivity contribution in [3.05, 3.63) is 57.5 Å². The van der Waals surface area contributed by atoms with E-state index in [4.69, 9.17) is 0 Å². The van der Waals surface area contributed by atoms with Gasteiger partial charge in [0.05, 0.1) is 0 Å². The Kier molecular flexibility index (Phi) is 3.91. The molecule has 2 aromatic carbocycles. The van der Waals surface area contributed by atoms with Crippen LogP contribution in [0.5, 0.6) is 0 Å². The minimum absolute atomic E-state index is 0.848. The van der Waals surface area contributed by atoms with Crippen LogP contribution in [0.15, 0.2) is 57.5 Å². The van der Waals surface area contributed by atoms with Crippen LogP contribution in [0, 0.1) is 0 Å². The van der Waals surface area contributed by atoms with E-state index in [9.17, 15) is 4.57 Å². The molecule has 0 aliphatic carbocycles. The first-order chi connectivity index (χ1) is 7.66. The molecule has 16 heavy (non-hydrogen) atoms. The van der Waals surface area contributed by atoms with Crippen LogP contribution in [0.1, 0.15) is 0 Å². The molecule has 0 aliphatic heterocycles. The second-order valence-corrected chi connectivity index (χ2v) is 6.70. The van der Waals surface area contributed by atoms with Gasteiger partial charge in [0, 0.05) is 19.6 Å². The van der Waals surface area contributed by atoms with Crippen molar-refractivity contribution in [1.82, 2.24) is 0 Å². The lowest BCUT2D eigenvalue weighted by atomic mass is 10.4. The second-order valence-electron chi connectivity index (χ2n) is 3.25. The van der Waals surface area contributed by atoms with Crippen LogP contribution in [0.25, 0.3) is 0 Å². The second kappa shape index (κ2) is 5.22. The average Bonchev–Trinajstić information content (AvgIpc) is 2.30. The highest BCUT2D eigenvalue weighted by Gasteiger charge is 2.07. The zero-order valence-electron chi connectivity index (χ0n) is 8.23. The van der Waals surface area contributed by atoms with Crippen molar-refractivity contribution in [2.45, 2.75) is 0 Å². The first-order valence-electron chi connectivity index (χ1n) is 4.65. The van der Waals surface area contributed by atoms with Crippen molar-refractivity contribution in [3.8, 4) is 0 Å². The third-order valence-corrected chi connectivity index (χ3v) is 4.71. The van der Waals surface area contributed by atoms with Gasteiger partial charge in [-0.1, -0.05) is 31.9 Å². The van der Waals surface area contributed by atoms with Crippen LogP contribution < -0.4 is 10.6 Å². The minimum Gasteiger partial charge on any atom is -0.277 e. The van der Waals surface area contributed by atoms with Gasteiger partial charge in [0.2, 0.25) is 0 Å². The number of hydrogen-bond acceptors (Lipinski definition) is 1. The summed E-state index contributed by atoms with van der Waals surface area (Å²) in [6, 6.07) is 15.1. The molecule has 81 valence electrons. The van der Waals surface area contributed by atoms with Crippen molar-refractivity contribution < 1.29 is 4.57 Å². The van der Waals surface area contributed by atoms with Crippen molar-refractivity contribution in [2.24, 2.45) is 0 Å². The Morgan fingerprint density at radius 3 is 1.31 bits per heavy atom. The van der Waals surface area contributed by atoms with E-state index < -0.39 is 7.80 Å². The molecular formula is C12H8Br2OP. The van der Waals surface area contributed by atoms with Crippen LogP contribution in [0.4, 0.5) is 0 Å². The summed E-state index contributed by atoms with van der Waals surface area (Å²) in [7, 11) is -1.49. The quantitative estimate of drug-likeness (QED) is 0.742. The van der Waals surface area contributed by atoms with E-state index in [0.717, 1.165) is 19.6 Å². The SMILES string of the molecule is O=[P](c1ccc(Br)cc1)c1ccc(Br)cc1. The van der Waals surface area contributed by atoms with Gasteiger partial charge in [-0.2, -0.15) is 0 Å². The standard InChI is InChI=1S/C12H8Br2OP/c13-9-1-5-11(6-2-9)16(15)12-7-3-10(14)4-8-12/h1-8H. The summed E-state index contributed by atoms with van der Waals surface area (Å²) < 4.78 is 14.2. The average molecular weight is 359 g/mol. The van der Waals surface area contributed by atoms with Gasteiger partial charge in [0.1, 0.15) is 7.80 Å². The molecule has 4 heteroatoms. The molecule has 0 fully saturated rings. The van der Waals surface area contributed by atoms with Crippen LogP contribution in [0.3, 0.4) is 0 Å². The van der Waals surface area contributed by atoms with Gasteiger partial charge in [0.15, 0.2) is 0 Å². The molecule has 2 rings (SSSR count). The van der Waals surface area contributed by atoms with E-state index in [0.29, 0.717) is 0 Å². The summed E-state index contributed by atoms with van der Waals surface area (Å²) in [6.45, 7) is 0. The van der Waals surface area contributed by atoms with Gasteiger partial charge >= 0.3 is 0 Å². The van der Waals surface area contributed by atoms with Gasteiger partial charge in [-0.3, -0.25) is 4.57 Å². The monoisotopic (exact) mass is 357 g/mol. The Bertz CT molecular complexity index is 458. The summed E-state index contributed by atoms with van der Waals surface area (Å²) in [4.78, 5) is 0. The topological polar surface area (TPSA) is 17.1 Å². The Morgan fingerprint density at radius 2 is 1.00 bits per heavy atom. The molecule has 1 radical (unpaired) electrons. The van der Waals surface area contributed by atoms with Crippen molar-refractivity contribution in [1.29, 1.82) is 0 Å². The van der Waals surface area contributed by atoms with Crippen LogP contribution in [-0.4, -0.2) is 0 Å². The fourth-order valence-electron chi connectivity index (χ4n) is 1.30. The summed E-state index contributed by atoms with van der Waals surface area (Å²) in [5, 5.41) is 1.70. The third-order valence-electron chi connectivity index (χ3n) is 2.12. The molecule has 0 bridgehead atoms. The molecule has 0 saturated carbocycles. The number of benzene rings is 2. The lowest BCUT2D eigenvalue weighted by Gasteiger charge is -2.01. The Balaban J connectivity index is 2.32. The lowest BCUT2D eigenvalue weighted by molar-refractivity contribution is 0.598. The molecule has 0 atom stereocenters. The zero-order chi connectivity index (χ0) is 11.5. The van der Waals surface area contributed by atoms with Gasteiger partial charge in [-0.15, -0.1) is 0 Å². The lowest BCUT2D eigenvalue weighted by Crippen LogP contribution is -2.05. The molecule has 0 aliphatic rings. The first-order valence-corrected chi connectivity index (χ1v) is 7.50. The molecule has 0 aromatic heterocycles. The predicted octanol–water partition coefficient (Wildman–Crippen LogP) is 3.99. The van der Waals surface area contributed by atoms with Crippen LogP contribution >= 0.6 is 39.7 Å². The highest BCUT2D eigenvalue weighted by Crippen LogP contribution is 2.21. The molecule has 0 saturated heterocycles. The minimum atomic E-state index is -1.49. The number of rotatable bonds is 2. The summed E-state index contributed by atoms with van der Waals surface area (Å²) in [5.74, 6) is 0. The third kappa shape index (κ3) is 2.79. The van der Waals surface area contributed by atoms with Crippen molar-refractivity contribution >= 4 is 50.3 Å². The van der Waals surface area contributed by atoms with E-state index in [-0.39, 0.29) is 0 Å².